The molecule has 0 aliphatic carbocycles. The van der Waals surface area contributed by atoms with Crippen LogP contribution in [0.15, 0.2) is 34.4 Å². The summed E-state index contributed by atoms with van der Waals surface area (Å²) in [5.74, 6) is -0.382. The summed E-state index contributed by atoms with van der Waals surface area (Å²) >= 11 is 0. The van der Waals surface area contributed by atoms with Gasteiger partial charge in [-0.1, -0.05) is 0 Å². The minimum Gasteiger partial charge on any atom is -0.351 e. The summed E-state index contributed by atoms with van der Waals surface area (Å²) in [4.78, 5) is 12.4. The monoisotopic (exact) mass is 367 g/mol. The molecule has 0 bridgehead atoms. The fourth-order valence-electron chi connectivity index (χ4n) is 3.27. The van der Waals surface area contributed by atoms with E-state index in [9.17, 15) is 17.6 Å². The Morgan fingerprint density at radius 3 is 2.58 bits per heavy atom. The molecule has 1 saturated heterocycles. The maximum atomic E-state index is 14.7. The molecule has 1 aromatic carbocycles. The lowest BCUT2D eigenvalue weighted by atomic mass is 10.1. The van der Waals surface area contributed by atoms with E-state index in [0.717, 1.165) is 19.2 Å². The van der Waals surface area contributed by atoms with E-state index in [1.165, 1.54) is 11.0 Å². The first kappa shape index (κ1) is 17.0. The van der Waals surface area contributed by atoms with Crippen LogP contribution < -0.4 is 10.2 Å². The number of aliphatic imine (C=N–C) groups is 2. The molecular formula is C17H17F4N5. The van der Waals surface area contributed by atoms with E-state index in [1.807, 2.05) is 11.8 Å². The van der Waals surface area contributed by atoms with Crippen LogP contribution in [-0.4, -0.2) is 48.8 Å². The second kappa shape index (κ2) is 6.08. The number of amidine groups is 2. The normalized spacial score (nSPS) is 22.6. The van der Waals surface area contributed by atoms with Gasteiger partial charge in [0.1, 0.15) is 5.69 Å². The van der Waals surface area contributed by atoms with Crippen molar-refractivity contribution in [2.24, 2.45) is 9.98 Å². The number of piperazine rings is 1. The summed E-state index contributed by atoms with van der Waals surface area (Å²) in [6, 6.07) is 1.79. The molecular weight excluding hydrogens is 350 g/mol. The summed E-state index contributed by atoms with van der Waals surface area (Å²) in [5.41, 5.74) is -1.34. The van der Waals surface area contributed by atoms with Crippen LogP contribution in [0.1, 0.15) is 12.5 Å². The maximum absolute atomic E-state index is 14.7. The molecule has 1 aromatic rings. The Morgan fingerprint density at radius 1 is 1.15 bits per heavy atom. The number of rotatable bonds is 0. The molecule has 3 aliphatic rings. The van der Waals surface area contributed by atoms with Crippen LogP contribution in [0.4, 0.5) is 28.9 Å². The molecule has 0 amide bonds. The van der Waals surface area contributed by atoms with Crippen LogP contribution in [0.5, 0.6) is 0 Å². The Kier molecular flexibility index (Phi) is 3.98. The van der Waals surface area contributed by atoms with E-state index in [1.54, 1.807) is 12.3 Å². The predicted molar refractivity (Wildman–Crippen MR) is 91.5 cm³/mol. The van der Waals surface area contributed by atoms with Gasteiger partial charge in [-0.25, -0.2) is 9.38 Å². The molecule has 1 fully saturated rings. The second-order valence-electron chi connectivity index (χ2n) is 6.37. The van der Waals surface area contributed by atoms with E-state index >= 15 is 0 Å². The second-order valence-corrected chi connectivity index (χ2v) is 6.37. The number of fused-ring (bicyclic) bond motifs is 3. The zero-order valence-corrected chi connectivity index (χ0v) is 14.0. The van der Waals surface area contributed by atoms with Crippen molar-refractivity contribution in [3.05, 3.63) is 35.8 Å². The van der Waals surface area contributed by atoms with Gasteiger partial charge < -0.3 is 10.2 Å². The molecule has 9 heteroatoms. The van der Waals surface area contributed by atoms with E-state index in [4.69, 9.17) is 0 Å². The minimum absolute atomic E-state index is 0.162. The van der Waals surface area contributed by atoms with Gasteiger partial charge in [-0.2, -0.15) is 13.2 Å². The third kappa shape index (κ3) is 2.76. The van der Waals surface area contributed by atoms with Crippen LogP contribution in [0.2, 0.25) is 0 Å². The van der Waals surface area contributed by atoms with Gasteiger partial charge in [-0.05, 0) is 25.1 Å². The highest BCUT2D eigenvalue weighted by molar-refractivity contribution is 6.47. The summed E-state index contributed by atoms with van der Waals surface area (Å²) in [7, 11) is 0. The SMILES string of the molecule is CC1C=CN2C(=N1)C(N1CCNCC1)=Nc1ccc(C(F)(F)F)c(F)c12. The predicted octanol–water partition coefficient (Wildman–Crippen LogP) is 2.91. The van der Waals surface area contributed by atoms with E-state index < -0.39 is 17.6 Å². The lowest BCUT2D eigenvalue weighted by Gasteiger charge is -2.38. The lowest BCUT2D eigenvalue weighted by Crippen LogP contribution is -2.53. The van der Waals surface area contributed by atoms with Gasteiger partial charge in [0, 0.05) is 32.4 Å². The maximum Gasteiger partial charge on any atom is 0.419 e. The molecule has 0 saturated carbocycles. The highest BCUT2D eigenvalue weighted by Gasteiger charge is 2.40. The first-order valence-corrected chi connectivity index (χ1v) is 8.36. The molecule has 0 aromatic heterocycles. The van der Waals surface area contributed by atoms with Crippen molar-refractivity contribution in [1.29, 1.82) is 0 Å². The number of alkyl halides is 3. The Balaban J connectivity index is 1.88. The highest BCUT2D eigenvalue weighted by Crippen LogP contribution is 2.43. The topological polar surface area (TPSA) is 43.2 Å². The Hall–Kier alpha value is -2.42. The molecule has 0 spiro atoms. The first-order valence-electron chi connectivity index (χ1n) is 8.36. The van der Waals surface area contributed by atoms with Crippen molar-refractivity contribution < 1.29 is 17.6 Å². The molecule has 3 heterocycles. The zero-order valence-electron chi connectivity index (χ0n) is 14.0. The Bertz CT molecular complexity index is 821. The van der Waals surface area contributed by atoms with Gasteiger partial charge in [0.05, 0.1) is 17.3 Å². The number of hydrogen-bond acceptors (Lipinski definition) is 5. The number of benzene rings is 1. The molecule has 1 atom stereocenters. The van der Waals surface area contributed by atoms with Crippen LogP contribution >= 0.6 is 0 Å². The average molecular weight is 367 g/mol. The fraction of sp³-hybridized carbons (Fsp3) is 0.412. The molecule has 4 rings (SSSR count). The number of nitrogens with one attached hydrogen (secondary N) is 1. The van der Waals surface area contributed by atoms with Crippen LogP contribution in [0.25, 0.3) is 0 Å². The third-order valence-electron chi connectivity index (χ3n) is 4.55. The van der Waals surface area contributed by atoms with Crippen LogP contribution in [-0.2, 0) is 6.18 Å². The molecule has 138 valence electrons. The zero-order chi connectivity index (χ0) is 18.5. The van der Waals surface area contributed by atoms with Gasteiger partial charge >= 0.3 is 6.18 Å². The summed E-state index contributed by atoms with van der Waals surface area (Å²) in [6.45, 7) is 4.79. The van der Waals surface area contributed by atoms with E-state index in [2.05, 4.69) is 15.3 Å². The number of nitrogens with zero attached hydrogens (tertiary/aromatic N) is 4. The molecule has 26 heavy (non-hydrogen) atoms. The van der Waals surface area contributed by atoms with Crippen LogP contribution in [0, 0.1) is 5.82 Å². The van der Waals surface area contributed by atoms with Gasteiger partial charge in [-0.15, -0.1) is 0 Å². The quantitative estimate of drug-likeness (QED) is 0.717. The van der Waals surface area contributed by atoms with Crippen molar-refractivity contribution in [1.82, 2.24) is 10.2 Å². The minimum atomic E-state index is -4.77. The standard InChI is InChI=1S/C17H17F4N5/c1-10-4-7-26-14-12(3-2-11(13(14)18)17(19,20)21)24-15(16(26)23-10)25-8-5-22-6-9-25/h2-4,7,10,22H,5-6,8-9H2,1H3. The van der Waals surface area contributed by atoms with Crippen LogP contribution in [0.3, 0.4) is 0 Å². The smallest absolute Gasteiger partial charge is 0.351 e. The highest BCUT2D eigenvalue weighted by atomic mass is 19.4. The fourth-order valence-corrected chi connectivity index (χ4v) is 3.27. The molecule has 5 nitrogen and oxygen atoms in total. The van der Waals surface area contributed by atoms with Crippen molar-refractivity contribution in [2.75, 3.05) is 31.1 Å². The molecule has 1 unspecified atom stereocenters. The molecule has 3 aliphatic heterocycles. The van der Waals surface area contributed by atoms with Crippen molar-refractivity contribution in [2.45, 2.75) is 19.1 Å². The lowest BCUT2D eigenvalue weighted by molar-refractivity contribution is -0.139. The van der Waals surface area contributed by atoms with Gasteiger partial charge in [-0.3, -0.25) is 9.89 Å². The van der Waals surface area contributed by atoms with Crippen molar-refractivity contribution in [3.63, 3.8) is 0 Å². The van der Waals surface area contributed by atoms with Crippen molar-refractivity contribution >= 4 is 23.0 Å². The Labute approximate surface area is 147 Å². The summed E-state index contributed by atoms with van der Waals surface area (Å²) < 4.78 is 54.1. The molecule has 1 N–H and O–H groups in total. The number of anilines is 1. The summed E-state index contributed by atoms with van der Waals surface area (Å²) in [5, 5.41) is 3.24. The Morgan fingerprint density at radius 2 is 1.88 bits per heavy atom. The van der Waals surface area contributed by atoms with Gasteiger partial charge in [0.15, 0.2) is 17.5 Å². The number of hydrogen-bond donors (Lipinski definition) is 1. The molecule has 0 radical (unpaired) electrons. The first-order chi connectivity index (χ1) is 12.4. The number of halogens is 4. The van der Waals surface area contributed by atoms with Crippen molar-refractivity contribution in [3.8, 4) is 0 Å². The van der Waals surface area contributed by atoms with E-state index in [-0.39, 0.29) is 17.4 Å². The largest absolute Gasteiger partial charge is 0.419 e. The van der Waals surface area contributed by atoms with Gasteiger partial charge in [0.25, 0.3) is 0 Å². The van der Waals surface area contributed by atoms with E-state index in [0.29, 0.717) is 24.8 Å². The van der Waals surface area contributed by atoms with Gasteiger partial charge in [0.2, 0.25) is 0 Å². The third-order valence-corrected chi connectivity index (χ3v) is 4.55. The summed E-state index contributed by atoms with van der Waals surface area (Å²) in [6.07, 6.45) is -1.48. The average Bonchev–Trinajstić information content (AvgIpc) is 2.60.